The molecule has 21 heteroatoms. The summed E-state index contributed by atoms with van der Waals surface area (Å²) in [5, 5.41) is 14.5. The lowest BCUT2D eigenvalue weighted by Crippen LogP contribution is -2.62. The molecule has 0 radical (unpaired) electrons. The third-order valence-electron chi connectivity index (χ3n) is 17.1. The molecule has 80 heavy (non-hydrogen) atoms. The number of fused-ring (bicyclic) bond motifs is 1. The van der Waals surface area contributed by atoms with Gasteiger partial charge in [-0.1, -0.05) is 36.4 Å². The maximum atomic E-state index is 13.7. The van der Waals surface area contributed by atoms with Crippen molar-refractivity contribution in [3.8, 4) is 28.0 Å². The van der Waals surface area contributed by atoms with E-state index >= 15 is 0 Å². The SMILES string of the molecule is COc1cc(N2CCC(N3CCN(C4CCN(C5CN(c6ccc7c(c6)C(=O)N(C6CCC(=O)NC6=O)C7=O)C5)CC4)CC3)CC2)c(-c2cnn(C)c2)cc1Nc1ncc(Br)c(Nc2ccc(-c3ccccc3)cc2P(C)(C)=O)n1. The number of carbonyl (C=O) groups excluding carboxylic acids is 4. The molecule has 0 aliphatic carbocycles. The number of anilines is 6. The molecule has 1 unspecified atom stereocenters. The van der Waals surface area contributed by atoms with E-state index in [1.165, 1.54) is 0 Å². The molecule has 3 N–H and O–H groups in total. The number of aryl methyl sites for hydroxylation is 1. The summed E-state index contributed by atoms with van der Waals surface area (Å²) in [7, 11) is 0.910. The zero-order valence-electron chi connectivity index (χ0n) is 45.6. The van der Waals surface area contributed by atoms with Crippen LogP contribution in [0.25, 0.3) is 22.3 Å². The number of rotatable bonds is 14. The third-order valence-corrected chi connectivity index (χ3v) is 19.2. The average molecular weight is 1170 g/mol. The van der Waals surface area contributed by atoms with Crippen LogP contribution >= 0.6 is 23.1 Å². The third kappa shape index (κ3) is 10.8. The van der Waals surface area contributed by atoms with E-state index in [4.69, 9.17) is 9.72 Å². The first kappa shape index (κ1) is 53.7. The minimum atomic E-state index is -2.71. The zero-order chi connectivity index (χ0) is 55.4. The Balaban J connectivity index is 0.641. The lowest BCUT2D eigenvalue weighted by Gasteiger charge is -2.50. The number of carbonyl (C=O) groups is 4. The molecule has 4 aromatic carbocycles. The molecule has 6 aromatic rings. The van der Waals surface area contributed by atoms with Gasteiger partial charge in [-0.05, 0) is 109 Å². The fraction of sp³-hybridized carbons (Fsp3) is 0.407. The number of ether oxygens (including phenoxy) is 1. The standard InChI is InChI=1S/C59H67BrN13O6P/c1-67-34-39(32-62-67)45-30-49(64-59-61-33-47(60)55(66-59)63-48-13-10-38(28-53(48)80(3,4)78)37-8-6-5-7-9-37)52(79-2)31-51(45)71-22-18-41(19-23-71)70-26-24-69(25-27-70)40-16-20-68(21-17-40)43-35-72(36-43)42-11-12-44-46(29-42)58(77)73(57(44)76)50-14-15-54(74)65-56(50)75/h5-13,28-34,40-41,43,50H,14-27,35-36H2,1-4H3,(H,65,74,75)(H2,61,63,64,66). The van der Waals surface area contributed by atoms with E-state index < -0.39 is 30.9 Å². The van der Waals surface area contributed by atoms with Gasteiger partial charge < -0.3 is 29.7 Å². The van der Waals surface area contributed by atoms with E-state index in [0.717, 1.165) is 135 Å². The van der Waals surface area contributed by atoms with Gasteiger partial charge in [0.15, 0.2) is 0 Å². The fourth-order valence-electron chi connectivity index (χ4n) is 12.7. The average Bonchev–Trinajstić information content (AvgIpc) is 4.05. The Labute approximate surface area is 474 Å². The molecule has 1 atom stereocenters. The Morgan fingerprint density at radius 3 is 2.02 bits per heavy atom. The van der Waals surface area contributed by atoms with Gasteiger partial charge in [-0.25, -0.2) is 4.98 Å². The summed E-state index contributed by atoms with van der Waals surface area (Å²) in [6.07, 6.45) is 10.3. The largest absolute Gasteiger partial charge is 0.494 e. The van der Waals surface area contributed by atoms with Crippen LogP contribution in [-0.2, 0) is 21.2 Å². The number of methoxy groups -OCH3 is 1. The number of piperazine rings is 1. The number of imide groups is 2. The monoisotopic (exact) mass is 1160 g/mol. The number of amides is 4. The van der Waals surface area contributed by atoms with Gasteiger partial charge in [-0.2, -0.15) is 10.1 Å². The van der Waals surface area contributed by atoms with Gasteiger partial charge in [-0.15, -0.1) is 0 Å². The van der Waals surface area contributed by atoms with E-state index in [0.29, 0.717) is 62.6 Å². The minimum absolute atomic E-state index is 0.0962. The van der Waals surface area contributed by atoms with Gasteiger partial charge in [0.05, 0.1) is 40.3 Å². The Bertz CT molecular complexity index is 3420. The number of hydrogen-bond donors (Lipinski definition) is 3. The van der Waals surface area contributed by atoms with Gasteiger partial charge in [0, 0.05) is 143 Å². The Hall–Kier alpha value is -6.96. The molecule has 0 saturated carbocycles. The number of aromatic nitrogens is 4. The number of benzene rings is 4. The second-order valence-electron chi connectivity index (χ2n) is 22.4. The Morgan fingerprint density at radius 1 is 0.675 bits per heavy atom. The van der Waals surface area contributed by atoms with Crippen molar-refractivity contribution in [3.05, 3.63) is 113 Å². The molecule has 6 aliphatic heterocycles. The summed E-state index contributed by atoms with van der Waals surface area (Å²) in [5.74, 6) is -0.376. The molecule has 5 saturated heterocycles. The van der Waals surface area contributed by atoms with Gasteiger partial charge in [-0.3, -0.25) is 48.8 Å². The first-order valence-corrected chi connectivity index (χ1v) is 31.2. The highest BCUT2D eigenvalue weighted by Crippen LogP contribution is 2.44. The molecule has 416 valence electrons. The van der Waals surface area contributed by atoms with Crippen LogP contribution in [0, 0.1) is 0 Å². The topological polar surface area (TPSA) is 194 Å². The minimum Gasteiger partial charge on any atom is -0.494 e. The molecule has 12 rings (SSSR count). The number of hydrogen-bond acceptors (Lipinski definition) is 16. The molecule has 0 bridgehead atoms. The first-order valence-electron chi connectivity index (χ1n) is 27.8. The molecular weight excluding hydrogens is 1100 g/mol. The van der Waals surface area contributed by atoms with Crippen molar-refractivity contribution in [2.75, 3.05) is 106 Å². The molecular formula is C59H67BrN13O6P. The number of piperidine rings is 3. The van der Waals surface area contributed by atoms with Crippen molar-refractivity contribution < 1.29 is 28.5 Å². The Morgan fingerprint density at radius 2 is 1.36 bits per heavy atom. The smallest absolute Gasteiger partial charge is 0.262 e. The van der Waals surface area contributed by atoms with Crippen LogP contribution in [0.5, 0.6) is 5.75 Å². The van der Waals surface area contributed by atoms with E-state index in [1.54, 1.807) is 38.8 Å². The zero-order valence-corrected chi connectivity index (χ0v) is 48.1. The van der Waals surface area contributed by atoms with Crippen molar-refractivity contribution in [3.63, 3.8) is 0 Å². The van der Waals surface area contributed by atoms with Crippen LogP contribution in [0.4, 0.5) is 34.5 Å². The normalized spacial score (nSPS) is 20.3. The molecule has 8 heterocycles. The maximum absolute atomic E-state index is 13.7. The summed E-state index contributed by atoms with van der Waals surface area (Å²) >= 11 is 3.65. The van der Waals surface area contributed by atoms with Crippen LogP contribution in [-0.4, -0.2) is 173 Å². The summed E-state index contributed by atoms with van der Waals surface area (Å²) in [6.45, 7) is 13.6. The lowest BCUT2D eigenvalue weighted by atomic mass is 9.96. The number of likely N-dealkylation sites (tertiary alicyclic amines) is 1. The second-order valence-corrected chi connectivity index (χ2v) is 26.4. The highest BCUT2D eigenvalue weighted by Gasteiger charge is 2.45. The Kier molecular flexibility index (Phi) is 14.9. The lowest BCUT2D eigenvalue weighted by molar-refractivity contribution is -0.136. The van der Waals surface area contributed by atoms with E-state index in [2.05, 4.69) is 78.6 Å². The van der Waals surface area contributed by atoms with Crippen molar-refractivity contribution >= 4 is 86.5 Å². The van der Waals surface area contributed by atoms with Crippen molar-refractivity contribution in [1.82, 2.24) is 44.7 Å². The van der Waals surface area contributed by atoms with Crippen molar-refractivity contribution in [2.45, 2.75) is 62.7 Å². The quantitative estimate of drug-likeness (QED) is 0.0721. The van der Waals surface area contributed by atoms with E-state index in [9.17, 15) is 23.7 Å². The summed E-state index contributed by atoms with van der Waals surface area (Å²) in [4.78, 5) is 74.3. The molecule has 0 spiro atoms. The summed E-state index contributed by atoms with van der Waals surface area (Å²) < 4.78 is 22.3. The highest BCUT2D eigenvalue weighted by atomic mass is 79.9. The van der Waals surface area contributed by atoms with Gasteiger partial charge in [0.2, 0.25) is 17.8 Å². The highest BCUT2D eigenvalue weighted by molar-refractivity contribution is 9.10. The summed E-state index contributed by atoms with van der Waals surface area (Å²) in [5.41, 5.74) is 8.13. The van der Waals surface area contributed by atoms with Gasteiger partial charge >= 0.3 is 0 Å². The molecule has 2 aromatic heterocycles. The predicted octanol–water partition coefficient (Wildman–Crippen LogP) is 7.39. The van der Waals surface area contributed by atoms with Gasteiger partial charge in [0.25, 0.3) is 11.8 Å². The van der Waals surface area contributed by atoms with E-state index in [-0.39, 0.29) is 18.7 Å². The van der Waals surface area contributed by atoms with Crippen LogP contribution in [0.2, 0.25) is 0 Å². The second kappa shape index (κ2) is 22.2. The van der Waals surface area contributed by atoms with Crippen LogP contribution in [0.15, 0.2) is 102 Å². The molecule has 5 fully saturated rings. The molecule has 4 amide bonds. The predicted molar refractivity (Wildman–Crippen MR) is 315 cm³/mol. The number of nitrogens with one attached hydrogen (secondary N) is 3. The van der Waals surface area contributed by atoms with Crippen molar-refractivity contribution in [2.24, 2.45) is 7.05 Å². The molecule has 6 aliphatic rings. The molecule has 19 nitrogen and oxygen atoms in total. The number of halogens is 1. The van der Waals surface area contributed by atoms with Crippen molar-refractivity contribution in [1.29, 1.82) is 0 Å². The van der Waals surface area contributed by atoms with Crippen LogP contribution < -0.4 is 35.8 Å². The maximum Gasteiger partial charge on any atom is 0.262 e. The first-order chi connectivity index (χ1) is 38.6. The fourth-order valence-corrected chi connectivity index (χ4v) is 14.1. The summed E-state index contributed by atoms with van der Waals surface area (Å²) in [6, 6.07) is 26.3. The van der Waals surface area contributed by atoms with Crippen LogP contribution in [0.1, 0.15) is 59.2 Å². The van der Waals surface area contributed by atoms with E-state index in [1.807, 2.05) is 78.7 Å². The number of nitrogens with zero attached hydrogens (tertiary/aromatic N) is 10. The van der Waals surface area contributed by atoms with Crippen LogP contribution in [0.3, 0.4) is 0 Å². The van der Waals surface area contributed by atoms with Gasteiger partial charge in [0.1, 0.15) is 24.8 Å².